The third-order valence-corrected chi connectivity index (χ3v) is 8.63. The Bertz CT molecular complexity index is 476. The molecule has 0 aromatic rings. The summed E-state index contributed by atoms with van der Waals surface area (Å²) >= 11 is 0. The monoisotopic (exact) mass is 564 g/mol. The minimum atomic E-state index is 0.655. The minimum absolute atomic E-state index is 0.655. The summed E-state index contributed by atoms with van der Waals surface area (Å²) in [5.41, 5.74) is 6.05. The van der Waals surface area contributed by atoms with Gasteiger partial charge in [-0.25, -0.2) is 0 Å². The van der Waals surface area contributed by atoms with Gasteiger partial charge in [0, 0.05) is 13.1 Å². The molecule has 0 aromatic heterocycles. The first-order valence-electron chi connectivity index (χ1n) is 18.8. The van der Waals surface area contributed by atoms with Crippen LogP contribution in [0.1, 0.15) is 219 Å². The molecule has 3 nitrogen and oxygen atoms in total. The third-order valence-electron chi connectivity index (χ3n) is 8.63. The highest BCUT2D eigenvalue weighted by Crippen LogP contribution is 2.15. The Hall–Kier alpha value is -0.730. The molecular weight excluding hydrogens is 486 g/mol. The molecule has 0 aromatic carbocycles. The van der Waals surface area contributed by atoms with Crippen LogP contribution < -0.4 is 11.1 Å². The second-order valence-corrected chi connectivity index (χ2v) is 12.8. The van der Waals surface area contributed by atoms with Crippen molar-refractivity contribution in [2.24, 2.45) is 10.7 Å². The van der Waals surface area contributed by atoms with Crippen LogP contribution in [0, 0.1) is 0 Å². The lowest BCUT2D eigenvalue weighted by Crippen LogP contribution is -2.32. The van der Waals surface area contributed by atoms with E-state index in [1.807, 2.05) is 0 Å². The number of rotatable bonds is 34. The lowest BCUT2D eigenvalue weighted by Gasteiger charge is -2.06. The SMILES string of the molecule is CCCCCCCCCCCCCCCCCCN=C(N)NCCCCCCCCCCCCCCCCCC. The highest BCUT2D eigenvalue weighted by Gasteiger charge is 1.97. The summed E-state index contributed by atoms with van der Waals surface area (Å²) < 4.78 is 0. The first-order chi connectivity index (χ1) is 19.8. The Labute approximate surface area is 254 Å². The van der Waals surface area contributed by atoms with Gasteiger partial charge in [-0.15, -0.1) is 0 Å². The summed E-state index contributed by atoms with van der Waals surface area (Å²) in [6.45, 7) is 6.46. The zero-order chi connectivity index (χ0) is 29.0. The normalized spacial score (nSPS) is 11.9. The van der Waals surface area contributed by atoms with Gasteiger partial charge in [0.1, 0.15) is 0 Å². The number of nitrogens with zero attached hydrogens (tertiary/aromatic N) is 1. The van der Waals surface area contributed by atoms with Gasteiger partial charge in [0.2, 0.25) is 0 Å². The molecule has 0 aliphatic rings. The lowest BCUT2D eigenvalue weighted by atomic mass is 10.0. The maximum absolute atomic E-state index is 6.05. The number of hydrogen-bond acceptors (Lipinski definition) is 1. The first-order valence-corrected chi connectivity index (χ1v) is 18.8. The average Bonchev–Trinajstić information content (AvgIpc) is 2.96. The minimum Gasteiger partial charge on any atom is -0.370 e. The molecule has 0 amide bonds. The van der Waals surface area contributed by atoms with Crippen LogP contribution in [0.4, 0.5) is 0 Å². The molecule has 0 rings (SSSR count). The van der Waals surface area contributed by atoms with E-state index < -0.39 is 0 Å². The Balaban J connectivity index is 3.20. The summed E-state index contributed by atoms with van der Waals surface area (Å²) in [6, 6.07) is 0. The van der Waals surface area contributed by atoms with Crippen molar-refractivity contribution in [3.8, 4) is 0 Å². The molecule has 0 spiro atoms. The van der Waals surface area contributed by atoms with Crippen LogP contribution in [0.5, 0.6) is 0 Å². The van der Waals surface area contributed by atoms with Crippen molar-refractivity contribution in [2.45, 2.75) is 219 Å². The maximum atomic E-state index is 6.05. The fourth-order valence-corrected chi connectivity index (χ4v) is 5.80. The molecule has 240 valence electrons. The van der Waals surface area contributed by atoms with Crippen molar-refractivity contribution >= 4 is 5.96 Å². The van der Waals surface area contributed by atoms with Crippen molar-refractivity contribution < 1.29 is 0 Å². The molecule has 0 atom stereocenters. The van der Waals surface area contributed by atoms with E-state index in [2.05, 4.69) is 24.2 Å². The Morgan fingerprint density at radius 1 is 0.375 bits per heavy atom. The highest BCUT2D eigenvalue weighted by atomic mass is 15.1. The highest BCUT2D eigenvalue weighted by molar-refractivity contribution is 5.77. The van der Waals surface area contributed by atoms with Crippen LogP contribution in [0.15, 0.2) is 4.99 Å². The molecule has 0 aliphatic carbocycles. The van der Waals surface area contributed by atoms with Crippen molar-refractivity contribution in [2.75, 3.05) is 13.1 Å². The number of guanidine groups is 1. The average molecular weight is 564 g/mol. The molecule has 0 unspecified atom stereocenters. The summed E-state index contributed by atoms with van der Waals surface area (Å²) in [5, 5.41) is 3.31. The van der Waals surface area contributed by atoms with E-state index in [0.717, 1.165) is 13.1 Å². The van der Waals surface area contributed by atoms with Gasteiger partial charge in [0.05, 0.1) is 0 Å². The zero-order valence-corrected chi connectivity index (χ0v) is 28.1. The lowest BCUT2D eigenvalue weighted by molar-refractivity contribution is 0.529. The van der Waals surface area contributed by atoms with Gasteiger partial charge in [-0.3, -0.25) is 4.99 Å². The summed E-state index contributed by atoms with van der Waals surface area (Å²) in [4.78, 5) is 4.52. The van der Waals surface area contributed by atoms with E-state index in [4.69, 9.17) is 5.73 Å². The van der Waals surface area contributed by atoms with E-state index in [0.29, 0.717) is 5.96 Å². The number of unbranched alkanes of at least 4 members (excludes halogenated alkanes) is 30. The van der Waals surface area contributed by atoms with Crippen LogP contribution in [0.3, 0.4) is 0 Å². The van der Waals surface area contributed by atoms with Crippen molar-refractivity contribution in [3.63, 3.8) is 0 Å². The van der Waals surface area contributed by atoms with Gasteiger partial charge in [-0.2, -0.15) is 0 Å². The number of nitrogens with one attached hydrogen (secondary N) is 1. The number of aliphatic imine (C=N–C) groups is 1. The van der Waals surface area contributed by atoms with Gasteiger partial charge in [0.25, 0.3) is 0 Å². The van der Waals surface area contributed by atoms with Gasteiger partial charge < -0.3 is 11.1 Å². The maximum Gasteiger partial charge on any atom is 0.188 e. The van der Waals surface area contributed by atoms with Crippen molar-refractivity contribution in [1.82, 2.24) is 5.32 Å². The molecule has 0 radical (unpaired) electrons. The molecule has 0 saturated carbocycles. The molecule has 0 heterocycles. The third kappa shape index (κ3) is 35.3. The fraction of sp³-hybridized carbons (Fsp3) is 0.973. The molecule has 0 bridgehead atoms. The number of hydrogen-bond donors (Lipinski definition) is 2. The Kier molecular flexibility index (Phi) is 35.6. The molecule has 0 saturated heterocycles. The molecule has 0 fully saturated rings. The van der Waals surface area contributed by atoms with E-state index in [9.17, 15) is 0 Å². The standard InChI is InChI=1S/C37H77N3/c1-3-5-7-9-11-13-15-17-19-21-23-25-27-29-31-33-35-39-37(38)40-36-34-32-30-28-26-24-22-20-18-16-14-12-10-8-6-4-2/h3-36H2,1-2H3,(H3,38,39,40). The van der Waals surface area contributed by atoms with Crippen LogP contribution in [0.2, 0.25) is 0 Å². The number of nitrogens with two attached hydrogens (primary N) is 1. The van der Waals surface area contributed by atoms with Crippen molar-refractivity contribution in [3.05, 3.63) is 0 Å². The molecular formula is C37H77N3. The van der Waals surface area contributed by atoms with Crippen LogP contribution in [-0.4, -0.2) is 19.0 Å². The fourth-order valence-electron chi connectivity index (χ4n) is 5.80. The van der Waals surface area contributed by atoms with E-state index in [-0.39, 0.29) is 0 Å². The van der Waals surface area contributed by atoms with Gasteiger partial charge in [-0.1, -0.05) is 206 Å². The molecule has 3 heteroatoms. The largest absolute Gasteiger partial charge is 0.370 e. The summed E-state index contributed by atoms with van der Waals surface area (Å²) in [5.74, 6) is 0.655. The second-order valence-electron chi connectivity index (χ2n) is 12.8. The zero-order valence-electron chi connectivity index (χ0n) is 28.1. The van der Waals surface area contributed by atoms with Crippen LogP contribution >= 0.6 is 0 Å². The topological polar surface area (TPSA) is 50.4 Å². The van der Waals surface area contributed by atoms with E-state index in [1.165, 1.54) is 205 Å². The second kappa shape index (κ2) is 36.3. The Morgan fingerprint density at radius 2 is 0.625 bits per heavy atom. The Morgan fingerprint density at radius 3 is 0.925 bits per heavy atom. The summed E-state index contributed by atoms with van der Waals surface area (Å²) in [7, 11) is 0. The van der Waals surface area contributed by atoms with E-state index >= 15 is 0 Å². The molecule has 3 N–H and O–H groups in total. The molecule has 40 heavy (non-hydrogen) atoms. The molecule has 0 aliphatic heterocycles. The first kappa shape index (κ1) is 39.3. The van der Waals surface area contributed by atoms with Crippen LogP contribution in [0.25, 0.3) is 0 Å². The van der Waals surface area contributed by atoms with Crippen LogP contribution in [-0.2, 0) is 0 Å². The van der Waals surface area contributed by atoms with Gasteiger partial charge >= 0.3 is 0 Å². The summed E-state index contributed by atoms with van der Waals surface area (Å²) in [6.07, 6.45) is 45.2. The van der Waals surface area contributed by atoms with Gasteiger partial charge in [0.15, 0.2) is 5.96 Å². The quantitative estimate of drug-likeness (QED) is 0.0464. The van der Waals surface area contributed by atoms with E-state index in [1.54, 1.807) is 0 Å². The van der Waals surface area contributed by atoms with Crippen molar-refractivity contribution in [1.29, 1.82) is 0 Å². The predicted molar refractivity (Wildman–Crippen MR) is 184 cm³/mol. The van der Waals surface area contributed by atoms with Gasteiger partial charge in [-0.05, 0) is 12.8 Å². The predicted octanol–water partition coefficient (Wildman–Crippen LogP) is 12.4. The smallest absolute Gasteiger partial charge is 0.188 e.